The number of amides is 4. The van der Waals surface area contributed by atoms with Crippen LogP contribution in [0.25, 0.3) is 0 Å². The predicted octanol–water partition coefficient (Wildman–Crippen LogP) is 4.83. The summed E-state index contributed by atoms with van der Waals surface area (Å²) in [6.07, 6.45) is 15.2. The monoisotopic (exact) mass is 664 g/mol. The lowest BCUT2D eigenvalue weighted by atomic mass is 9.54. The van der Waals surface area contributed by atoms with Crippen LogP contribution in [0.2, 0.25) is 0 Å². The Morgan fingerprint density at radius 3 is 2.12 bits per heavy atom. The molecular weight excluding hydrogens is 608 g/mol. The fourth-order valence-electron chi connectivity index (χ4n) is 10.7. The van der Waals surface area contributed by atoms with Crippen LogP contribution in [0.1, 0.15) is 104 Å². The molecule has 1 unspecified atom stereocenters. The molecule has 10 nitrogen and oxygen atoms in total. The molecule has 10 heteroatoms. The predicted molar refractivity (Wildman–Crippen MR) is 181 cm³/mol. The first-order valence-electron chi connectivity index (χ1n) is 18.6. The van der Waals surface area contributed by atoms with Crippen molar-refractivity contribution in [1.29, 1.82) is 0 Å². The highest BCUT2D eigenvalue weighted by Gasteiger charge is 2.70. The molecule has 4 amide bonds. The van der Waals surface area contributed by atoms with Crippen LogP contribution in [-0.2, 0) is 23.9 Å². The maximum atomic E-state index is 14.6. The zero-order valence-electron chi connectivity index (χ0n) is 29.0. The molecule has 48 heavy (non-hydrogen) atoms. The van der Waals surface area contributed by atoms with Gasteiger partial charge in [0.25, 0.3) is 5.91 Å². The third-order valence-electron chi connectivity index (χ3n) is 12.9. The molecule has 264 valence electrons. The number of likely N-dealkylation sites (tertiary alicyclic amines) is 1. The zero-order valence-corrected chi connectivity index (χ0v) is 29.0. The largest absolute Gasteiger partial charge is 0.443 e. The van der Waals surface area contributed by atoms with Crippen molar-refractivity contribution in [3.05, 3.63) is 25.3 Å². The SMILES string of the molecule is C=CCCNC(=O)C(=O)C(CCC=C)NC(=O)[C@@H]1[C@@H]2[C@H](CN1C(=O)[C@@H](NC(=O)OC13CC4CC(CC(C4)C1)C3)C1CCCCC1)C2(C)C. The van der Waals surface area contributed by atoms with Gasteiger partial charge < -0.3 is 25.6 Å². The summed E-state index contributed by atoms with van der Waals surface area (Å²) in [7, 11) is 0. The molecule has 7 aliphatic rings. The van der Waals surface area contributed by atoms with Gasteiger partial charge in [0.15, 0.2) is 0 Å². The number of hydrogen-bond donors (Lipinski definition) is 3. The second-order valence-electron chi connectivity index (χ2n) is 16.5. The first kappa shape index (κ1) is 34.7. The van der Waals surface area contributed by atoms with Crippen LogP contribution in [0, 0.1) is 40.9 Å². The molecule has 6 saturated carbocycles. The van der Waals surface area contributed by atoms with Crippen LogP contribution >= 0.6 is 0 Å². The van der Waals surface area contributed by atoms with E-state index in [1.807, 2.05) is 0 Å². The molecule has 0 radical (unpaired) electrons. The molecule has 1 saturated heterocycles. The summed E-state index contributed by atoms with van der Waals surface area (Å²) in [6, 6.07) is -2.62. The van der Waals surface area contributed by atoms with Crippen LogP contribution in [-0.4, -0.2) is 71.3 Å². The number of nitrogens with one attached hydrogen (secondary N) is 3. The molecule has 7 rings (SSSR count). The molecule has 0 aromatic rings. The summed E-state index contributed by atoms with van der Waals surface area (Å²) in [5, 5.41) is 8.53. The van der Waals surface area contributed by atoms with Crippen LogP contribution < -0.4 is 16.0 Å². The topological polar surface area (TPSA) is 134 Å². The first-order valence-corrected chi connectivity index (χ1v) is 18.6. The van der Waals surface area contributed by atoms with E-state index in [1.165, 1.54) is 19.3 Å². The normalized spacial score (nSPS) is 33.9. The van der Waals surface area contributed by atoms with Gasteiger partial charge in [0, 0.05) is 13.1 Å². The lowest BCUT2D eigenvalue weighted by Crippen LogP contribution is -2.60. The maximum Gasteiger partial charge on any atom is 0.408 e. The van der Waals surface area contributed by atoms with Gasteiger partial charge in [-0.2, -0.15) is 0 Å². The zero-order chi connectivity index (χ0) is 34.2. The number of alkyl carbamates (subject to hydrolysis) is 1. The van der Waals surface area contributed by atoms with E-state index in [0.717, 1.165) is 51.4 Å². The molecular formula is C38H56N4O6. The van der Waals surface area contributed by atoms with E-state index in [-0.39, 0.29) is 42.0 Å². The Morgan fingerprint density at radius 1 is 0.896 bits per heavy atom. The van der Waals surface area contributed by atoms with Crippen molar-refractivity contribution in [2.75, 3.05) is 13.1 Å². The van der Waals surface area contributed by atoms with E-state index in [9.17, 15) is 24.0 Å². The van der Waals surface area contributed by atoms with Crippen molar-refractivity contribution in [3.8, 4) is 0 Å². The quantitative estimate of drug-likeness (QED) is 0.139. The third-order valence-corrected chi connectivity index (χ3v) is 12.9. The fourth-order valence-corrected chi connectivity index (χ4v) is 10.7. The minimum absolute atomic E-state index is 0.0370. The molecule has 0 aromatic carbocycles. The molecule has 6 aliphatic carbocycles. The Kier molecular flexibility index (Phi) is 10.1. The Balaban J connectivity index is 1.18. The standard InChI is InChI=1S/C38H56N4O6/c1-5-7-14-28(32(43)34(45)39-15-8-6-2)40-33(44)31-29-27(37(29,3)4)22-42(31)35(46)30(26-12-10-9-11-13-26)41-36(47)48-38-19-23-16-24(20-38)18-25(17-23)21-38/h5-6,23-31H,1-2,7-22H2,3-4H3,(H,39,45)(H,40,44)(H,41,47)/t23?,24?,25?,27-,28?,29-,30-,31-,38?/m0/s1. The number of carbonyl (C=O) groups is 5. The Hall–Kier alpha value is -3.17. The minimum atomic E-state index is -1.04. The van der Waals surface area contributed by atoms with E-state index >= 15 is 0 Å². The highest BCUT2D eigenvalue weighted by Crippen LogP contribution is 2.65. The van der Waals surface area contributed by atoms with Gasteiger partial charge in [0.2, 0.25) is 17.6 Å². The molecule has 3 N–H and O–H groups in total. The third kappa shape index (κ3) is 6.95. The molecule has 7 fully saturated rings. The van der Waals surface area contributed by atoms with Crippen molar-refractivity contribution < 1.29 is 28.7 Å². The van der Waals surface area contributed by atoms with Crippen LogP contribution in [0.3, 0.4) is 0 Å². The van der Waals surface area contributed by atoms with Crippen molar-refractivity contribution in [1.82, 2.24) is 20.9 Å². The number of allylic oxidation sites excluding steroid dienone is 1. The lowest BCUT2D eigenvalue weighted by molar-refractivity contribution is -0.145. The second-order valence-corrected chi connectivity index (χ2v) is 16.5. The summed E-state index contributed by atoms with van der Waals surface area (Å²) in [4.78, 5) is 70.0. The number of nitrogens with zero attached hydrogens (tertiary/aromatic N) is 1. The van der Waals surface area contributed by atoms with E-state index in [4.69, 9.17) is 4.74 Å². The van der Waals surface area contributed by atoms with Gasteiger partial charge in [-0.15, -0.1) is 13.2 Å². The Labute approximate surface area is 285 Å². The molecule has 5 atom stereocenters. The maximum absolute atomic E-state index is 14.6. The van der Waals surface area contributed by atoms with Gasteiger partial charge in [-0.25, -0.2) is 4.79 Å². The van der Waals surface area contributed by atoms with Crippen LogP contribution in [0.4, 0.5) is 4.79 Å². The van der Waals surface area contributed by atoms with Crippen molar-refractivity contribution >= 4 is 29.6 Å². The summed E-state index contributed by atoms with van der Waals surface area (Å²) in [5.41, 5.74) is -0.571. The number of ether oxygens (including phenoxy) is 1. The highest BCUT2D eigenvalue weighted by atomic mass is 16.6. The second kappa shape index (κ2) is 14.0. The smallest absolute Gasteiger partial charge is 0.408 e. The lowest BCUT2D eigenvalue weighted by Gasteiger charge is -2.55. The van der Waals surface area contributed by atoms with Crippen LogP contribution in [0.15, 0.2) is 25.3 Å². The number of fused-ring (bicyclic) bond motifs is 1. The van der Waals surface area contributed by atoms with Gasteiger partial charge in [0.1, 0.15) is 17.7 Å². The van der Waals surface area contributed by atoms with E-state index in [2.05, 4.69) is 43.0 Å². The van der Waals surface area contributed by atoms with Gasteiger partial charge in [-0.05, 0) is 112 Å². The van der Waals surface area contributed by atoms with E-state index < -0.39 is 47.4 Å². The molecule has 1 heterocycles. The Morgan fingerprint density at radius 2 is 1.52 bits per heavy atom. The molecule has 0 aromatic heterocycles. The van der Waals surface area contributed by atoms with E-state index in [1.54, 1.807) is 17.1 Å². The van der Waals surface area contributed by atoms with Crippen molar-refractivity contribution in [2.24, 2.45) is 40.9 Å². The van der Waals surface area contributed by atoms with Crippen molar-refractivity contribution in [3.63, 3.8) is 0 Å². The number of piperidine rings is 1. The first-order chi connectivity index (χ1) is 23.0. The van der Waals surface area contributed by atoms with Gasteiger partial charge in [-0.1, -0.05) is 45.3 Å². The minimum Gasteiger partial charge on any atom is -0.443 e. The van der Waals surface area contributed by atoms with Crippen molar-refractivity contribution in [2.45, 2.75) is 127 Å². The molecule has 0 spiro atoms. The number of carbonyl (C=O) groups excluding carboxylic acids is 5. The fraction of sp³-hybridized carbons (Fsp3) is 0.763. The summed E-state index contributed by atoms with van der Waals surface area (Å²) in [6.45, 7) is 12.3. The number of rotatable bonds is 14. The van der Waals surface area contributed by atoms with Crippen LogP contribution in [0.5, 0.6) is 0 Å². The van der Waals surface area contributed by atoms with Gasteiger partial charge in [-0.3, -0.25) is 19.2 Å². The molecule has 4 bridgehead atoms. The van der Waals surface area contributed by atoms with E-state index in [0.29, 0.717) is 37.1 Å². The number of hydrogen-bond acceptors (Lipinski definition) is 6. The summed E-state index contributed by atoms with van der Waals surface area (Å²) >= 11 is 0. The highest BCUT2D eigenvalue weighted by molar-refractivity contribution is 6.38. The number of ketones is 1. The summed E-state index contributed by atoms with van der Waals surface area (Å²) in [5.74, 6) is -0.260. The Bertz CT molecular complexity index is 1270. The number of Topliss-reactive ketones (excluding diaryl/α,β-unsaturated/α-hetero) is 1. The molecule has 1 aliphatic heterocycles. The average Bonchev–Trinajstić information content (AvgIpc) is 3.35. The average molecular weight is 665 g/mol. The van der Waals surface area contributed by atoms with Gasteiger partial charge in [0.05, 0.1) is 6.04 Å². The summed E-state index contributed by atoms with van der Waals surface area (Å²) < 4.78 is 6.31. The van der Waals surface area contributed by atoms with Gasteiger partial charge >= 0.3 is 6.09 Å².